The second kappa shape index (κ2) is 6.73. The van der Waals surface area contributed by atoms with Gasteiger partial charge in [-0.1, -0.05) is 32.3 Å². The summed E-state index contributed by atoms with van der Waals surface area (Å²) in [5.74, 6) is 0.131. The van der Waals surface area contributed by atoms with Gasteiger partial charge in [0.2, 0.25) is 0 Å². The van der Waals surface area contributed by atoms with Gasteiger partial charge in [0, 0.05) is 22.7 Å². The number of halogens is 1. The van der Waals surface area contributed by atoms with Crippen LogP contribution in [-0.2, 0) is 5.41 Å². The maximum Gasteiger partial charge on any atom is 0.256 e. The summed E-state index contributed by atoms with van der Waals surface area (Å²) >= 11 is 0. The van der Waals surface area contributed by atoms with Crippen molar-refractivity contribution < 1.29 is 4.39 Å². The lowest BCUT2D eigenvalue weighted by molar-refractivity contribution is 0.594. The molecule has 2 aromatic carbocycles. The summed E-state index contributed by atoms with van der Waals surface area (Å²) < 4.78 is 13.8. The van der Waals surface area contributed by atoms with Crippen LogP contribution in [0.1, 0.15) is 31.9 Å². The third-order valence-corrected chi connectivity index (χ3v) is 5.13. The number of aromatic amines is 1. The van der Waals surface area contributed by atoms with Gasteiger partial charge in [0.1, 0.15) is 19.5 Å². The van der Waals surface area contributed by atoms with Gasteiger partial charge in [0.25, 0.3) is 5.56 Å². The molecule has 0 saturated heterocycles. The summed E-state index contributed by atoms with van der Waals surface area (Å²) in [5.41, 5.74) is 3.73. The predicted molar refractivity (Wildman–Crippen MR) is 118 cm³/mol. The van der Waals surface area contributed by atoms with E-state index >= 15 is 0 Å². The molecule has 0 amide bonds. The molecule has 2 N–H and O–H groups in total. The standard InChI is InChI=1S/C23H21BFN3O/c1-12-9-17(24)16(23(2,3)4)11-19(12)28-21-14-7-8-26-22(29)20(14)15-10-13(25)5-6-18(15)27-21/h5-11H,1-4H3,(H,26,29)(H,27,28). The maximum absolute atomic E-state index is 13.8. The molecule has 2 heterocycles. The summed E-state index contributed by atoms with van der Waals surface area (Å²) in [6.45, 7) is 8.29. The molecule has 6 heteroatoms. The van der Waals surface area contributed by atoms with Gasteiger partial charge >= 0.3 is 0 Å². The molecule has 4 aromatic rings. The fraction of sp³-hybridized carbons (Fsp3) is 0.217. The average Bonchev–Trinajstić information content (AvgIpc) is 2.63. The number of anilines is 2. The Morgan fingerprint density at radius 1 is 1.10 bits per heavy atom. The van der Waals surface area contributed by atoms with Gasteiger partial charge in [0.05, 0.1) is 10.9 Å². The molecule has 29 heavy (non-hydrogen) atoms. The van der Waals surface area contributed by atoms with Crippen LogP contribution in [0.4, 0.5) is 15.9 Å². The predicted octanol–water partition coefficient (Wildman–Crippen LogP) is 4.36. The normalized spacial score (nSPS) is 11.9. The van der Waals surface area contributed by atoms with Crippen LogP contribution in [0.2, 0.25) is 0 Å². The summed E-state index contributed by atoms with van der Waals surface area (Å²) in [6.07, 6.45) is 1.57. The molecule has 2 aromatic heterocycles. The monoisotopic (exact) mass is 385 g/mol. The van der Waals surface area contributed by atoms with Crippen molar-refractivity contribution in [3.05, 3.63) is 69.9 Å². The van der Waals surface area contributed by atoms with E-state index in [9.17, 15) is 9.18 Å². The van der Waals surface area contributed by atoms with Crippen molar-refractivity contribution in [2.45, 2.75) is 33.1 Å². The van der Waals surface area contributed by atoms with Gasteiger partial charge in [-0.15, -0.1) is 0 Å². The topological polar surface area (TPSA) is 57.8 Å². The minimum Gasteiger partial charge on any atom is -0.339 e. The molecule has 0 spiro atoms. The van der Waals surface area contributed by atoms with Gasteiger partial charge in [0.15, 0.2) is 0 Å². The molecule has 0 fully saturated rings. The molecule has 4 nitrogen and oxygen atoms in total. The average molecular weight is 385 g/mol. The molecule has 0 atom stereocenters. The Morgan fingerprint density at radius 3 is 2.59 bits per heavy atom. The number of aromatic nitrogens is 2. The first-order chi connectivity index (χ1) is 13.6. The van der Waals surface area contributed by atoms with Crippen molar-refractivity contribution in [2.24, 2.45) is 0 Å². The fourth-order valence-corrected chi connectivity index (χ4v) is 3.67. The zero-order chi connectivity index (χ0) is 20.9. The molecule has 4 rings (SSSR count). The van der Waals surface area contributed by atoms with Crippen LogP contribution in [-0.4, -0.2) is 17.8 Å². The molecule has 0 aliphatic heterocycles. The third kappa shape index (κ3) is 3.39. The molecule has 2 radical (unpaired) electrons. The van der Waals surface area contributed by atoms with E-state index in [2.05, 4.69) is 36.1 Å². The Morgan fingerprint density at radius 2 is 1.86 bits per heavy atom. The van der Waals surface area contributed by atoms with Crippen molar-refractivity contribution in [1.82, 2.24) is 9.97 Å². The van der Waals surface area contributed by atoms with Gasteiger partial charge in [-0.2, -0.15) is 0 Å². The Hall–Kier alpha value is -3.15. The minimum atomic E-state index is -0.409. The Kier molecular flexibility index (Phi) is 4.45. The highest BCUT2D eigenvalue weighted by molar-refractivity contribution is 6.33. The quantitative estimate of drug-likeness (QED) is 0.398. The maximum atomic E-state index is 13.8. The van der Waals surface area contributed by atoms with E-state index in [0.29, 0.717) is 27.5 Å². The molecule has 0 unspecified atom stereocenters. The van der Waals surface area contributed by atoms with Gasteiger partial charge in [-0.3, -0.25) is 4.79 Å². The molecule has 144 valence electrons. The van der Waals surface area contributed by atoms with Crippen LogP contribution in [0.25, 0.3) is 21.7 Å². The second-order valence-electron chi connectivity index (χ2n) is 8.35. The van der Waals surface area contributed by atoms with Crippen molar-refractivity contribution >= 4 is 46.5 Å². The van der Waals surface area contributed by atoms with E-state index in [-0.39, 0.29) is 11.0 Å². The number of fused-ring (bicyclic) bond motifs is 3. The number of aryl methyl sites for hydroxylation is 1. The van der Waals surface area contributed by atoms with Crippen molar-refractivity contribution in [2.75, 3.05) is 5.32 Å². The number of rotatable bonds is 2. The highest BCUT2D eigenvalue weighted by Gasteiger charge is 2.19. The summed E-state index contributed by atoms with van der Waals surface area (Å²) in [6, 6.07) is 10.0. The van der Waals surface area contributed by atoms with E-state index in [1.54, 1.807) is 18.3 Å². The number of nitrogens with one attached hydrogen (secondary N) is 2. The highest BCUT2D eigenvalue weighted by atomic mass is 19.1. The van der Waals surface area contributed by atoms with Crippen LogP contribution >= 0.6 is 0 Å². The van der Waals surface area contributed by atoms with Gasteiger partial charge in [-0.25, -0.2) is 9.37 Å². The van der Waals surface area contributed by atoms with Crippen LogP contribution in [0.5, 0.6) is 0 Å². The zero-order valence-electron chi connectivity index (χ0n) is 16.9. The summed E-state index contributed by atoms with van der Waals surface area (Å²) in [7, 11) is 6.24. The summed E-state index contributed by atoms with van der Waals surface area (Å²) in [5, 5.41) is 4.89. The molecule has 0 aliphatic carbocycles. The zero-order valence-corrected chi connectivity index (χ0v) is 16.9. The van der Waals surface area contributed by atoms with E-state index in [1.807, 2.05) is 19.1 Å². The van der Waals surface area contributed by atoms with Crippen LogP contribution in [0, 0.1) is 12.7 Å². The van der Waals surface area contributed by atoms with Crippen LogP contribution in [0.15, 0.2) is 47.4 Å². The van der Waals surface area contributed by atoms with Gasteiger partial charge in [-0.05, 0) is 53.8 Å². The summed E-state index contributed by atoms with van der Waals surface area (Å²) in [4.78, 5) is 19.9. The molecule has 0 saturated carbocycles. The number of nitrogens with zero attached hydrogens (tertiary/aromatic N) is 1. The van der Waals surface area contributed by atoms with Crippen molar-refractivity contribution in [3.8, 4) is 0 Å². The minimum absolute atomic E-state index is 0.123. The molecular formula is C23H21BFN3O. The first-order valence-electron chi connectivity index (χ1n) is 9.43. The Labute approximate surface area is 169 Å². The first-order valence-corrected chi connectivity index (χ1v) is 9.43. The SMILES string of the molecule is [B]c1cc(C)c(Nc2nc3ccc(F)cc3c3c(=O)[nH]ccc23)cc1C(C)(C)C. The number of pyridine rings is 2. The lowest BCUT2D eigenvalue weighted by Gasteiger charge is -2.24. The molecule has 0 bridgehead atoms. The molecule has 0 aliphatic rings. The van der Waals surface area contributed by atoms with Crippen molar-refractivity contribution in [1.29, 1.82) is 0 Å². The number of hydrogen-bond acceptors (Lipinski definition) is 3. The largest absolute Gasteiger partial charge is 0.339 e. The number of benzene rings is 2. The third-order valence-electron chi connectivity index (χ3n) is 5.13. The van der Waals surface area contributed by atoms with E-state index in [1.165, 1.54) is 12.1 Å². The van der Waals surface area contributed by atoms with Crippen LogP contribution in [0.3, 0.4) is 0 Å². The van der Waals surface area contributed by atoms with E-state index in [0.717, 1.165) is 22.3 Å². The first kappa shape index (κ1) is 19.2. The lowest BCUT2D eigenvalue weighted by Crippen LogP contribution is -2.23. The fourth-order valence-electron chi connectivity index (χ4n) is 3.67. The number of H-pyrrole nitrogens is 1. The van der Waals surface area contributed by atoms with Crippen LogP contribution < -0.4 is 16.3 Å². The Balaban J connectivity index is 1.97. The lowest BCUT2D eigenvalue weighted by atomic mass is 9.76. The van der Waals surface area contributed by atoms with E-state index < -0.39 is 5.82 Å². The Bertz CT molecular complexity index is 1320. The second-order valence-corrected chi connectivity index (χ2v) is 8.35. The van der Waals surface area contributed by atoms with E-state index in [4.69, 9.17) is 7.85 Å². The van der Waals surface area contributed by atoms with Crippen molar-refractivity contribution in [3.63, 3.8) is 0 Å². The number of hydrogen-bond donors (Lipinski definition) is 2. The smallest absolute Gasteiger partial charge is 0.256 e. The molecular weight excluding hydrogens is 364 g/mol. The highest BCUT2D eigenvalue weighted by Crippen LogP contribution is 2.32. The van der Waals surface area contributed by atoms with Gasteiger partial charge < -0.3 is 10.3 Å².